The third kappa shape index (κ3) is 6.92. The van der Waals surface area contributed by atoms with Crippen LogP contribution in [0.2, 0.25) is 5.02 Å². The van der Waals surface area contributed by atoms with E-state index in [1.165, 1.54) is 18.7 Å². The summed E-state index contributed by atoms with van der Waals surface area (Å²) in [5.74, 6) is 0.175. The second-order valence-electron chi connectivity index (χ2n) is 5.55. The van der Waals surface area contributed by atoms with Crippen molar-refractivity contribution in [3.8, 4) is 5.75 Å². The number of likely N-dealkylation sites (N-methyl/N-ethyl adjacent to an activating group) is 1. The van der Waals surface area contributed by atoms with E-state index in [2.05, 4.69) is 22.3 Å². The third-order valence-corrected chi connectivity index (χ3v) is 3.97. The quantitative estimate of drug-likeness (QED) is 0.671. The van der Waals surface area contributed by atoms with Crippen LogP contribution in [0.5, 0.6) is 5.75 Å². The van der Waals surface area contributed by atoms with Crippen LogP contribution in [-0.4, -0.2) is 38.1 Å². The molecular weight excluding hydrogens is 397 g/mol. The molecule has 3 N–H and O–H groups in total. The van der Waals surface area contributed by atoms with Crippen LogP contribution in [0.3, 0.4) is 0 Å². The van der Waals surface area contributed by atoms with Crippen molar-refractivity contribution in [2.75, 3.05) is 33.0 Å². The first kappa shape index (κ1) is 24.3. The number of benzene rings is 2. The highest BCUT2D eigenvalue weighted by molar-refractivity contribution is 6.33. The van der Waals surface area contributed by atoms with E-state index in [9.17, 15) is 4.79 Å². The van der Waals surface area contributed by atoms with Crippen molar-refractivity contribution in [2.24, 2.45) is 0 Å². The lowest BCUT2D eigenvalue weighted by atomic mass is 10.1. The van der Waals surface area contributed by atoms with E-state index in [-0.39, 0.29) is 30.7 Å². The average molecular weight is 421 g/mol. The highest BCUT2D eigenvalue weighted by atomic mass is 35.5. The third-order valence-electron chi connectivity index (χ3n) is 3.64. The first-order valence-corrected chi connectivity index (χ1v) is 8.02. The summed E-state index contributed by atoms with van der Waals surface area (Å²) in [7, 11) is 3.51. The van der Waals surface area contributed by atoms with Gasteiger partial charge in [0.1, 0.15) is 5.75 Å². The first-order valence-electron chi connectivity index (χ1n) is 7.65. The Kier molecular flexibility index (Phi) is 11.1. The smallest absolute Gasteiger partial charge is 0.255 e. The molecule has 26 heavy (non-hydrogen) atoms. The second-order valence-corrected chi connectivity index (χ2v) is 5.96. The molecule has 0 saturated heterocycles. The molecule has 0 atom stereocenters. The van der Waals surface area contributed by atoms with Crippen LogP contribution in [0, 0.1) is 0 Å². The van der Waals surface area contributed by atoms with E-state index in [0.717, 1.165) is 13.1 Å². The first-order chi connectivity index (χ1) is 11.5. The summed E-state index contributed by atoms with van der Waals surface area (Å²) in [5.41, 5.74) is 7.72. The highest BCUT2D eigenvalue weighted by Crippen LogP contribution is 2.28. The van der Waals surface area contributed by atoms with Gasteiger partial charge in [-0.3, -0.25) is 4.79 Å². The number of anilines is 1. The van der Waals surface area contributed by atoms with Gasteiger partial charge in [0.15, 0.2) is 0 Å². The van der Waals surface area contributed by atoms with Crippen LogP contribution < -0.4 is 15.8 Å². The molecule has 2 aromatic rings. The van der Waals surface area contributed by atoms with E-state index in [4.69, 9.17) is 22.1 Å². The molecule has 0 aliphatic heterocycles. The fourth-order valence-corrected chi connectivity index (χ4v) is 2.51. The van der Waals surface area contributed by atoms with Gasteiger partial charge in [-0.1, -0.05) is 41.9 Å². The highest BCUT2D eigenvalue weighted by Gasteiger charge is 2.14. The van der Waals surface area contributed by atoms with E-state index < -0.39 is 0 Å². The lowest BCUT2D eigenvalue weighted by molar-refractivity contribution is 0.0946. The number of carbonyl (C=O) groups excluding carboxylic acids is 1. The van der Waals surface area contributed by atoms with Gasteiger partial charge in [0, 0.05) is 25.7 Å². The molecule has 2 aromatic carbocycles. The minimum Gasteiger partial charge on any atom is -0.496 e. The zero-order valence-electron chi connectivity index (χ0n) is 14.7. The Hall–Kier alpha value is -1.66. The predicted molar refractivity (Wildman–Crippen MR) is 112 cm³/mol. The van der Waals surface area contributed by atoms with E-state index in [0.29, 0.717) is 28.6 Å². The van der Waals surface area contributed by atoms with Crippen molar-refractivity contribution in [3.05, 3.63) is 58.6 Å². The maximum absolute atomic E-state index is 12.3. The minimum absolute atomic E-state index is 0. The van der Waals surface area contributed by atoms with Crippen molar-refractivity contribution in [1.29, 1.82) is 0 Å². The molecule has 0 aromatic heterocycles. The molecular formula is C18H24Cl3N3O2. The molecule has 1 amide bonds. The fourth-order valence-electron chi connectivity index (χ4n) is 2.35. The zero-order chi connectivity index (χ0) is 17.5. The van der Waals surface area contributed by atoms with Crippen molar-refractivity contribution >= 4 is 48.0 Å². The summed E-state index contributed by atoms with van der Waals surface area (Å²) in [6.45, 7) is 2.08. The van der Waals surface area contributed by atoms with Gasteiger partial charge < -0.3 is 20.7 Å². The van der Waals surface area contributed by atoms with E-state index >= 15 is 0 Å². The van der Waals surface area contributed by atoms with Gasteiger partial charge in [0.05, 0.1) is 23.4 Å². The number of halogens is 3. The molecule has 0 aliphatic rings. The van der Waals surface area contributed by atoms with Crippen LogP contribution in [0.25, 0.3) is 0 Å². The molecule has 0 bridgehead atoms. The van der Waals surface area contributed by atoms with Crippen LogP contribution in [-0.2, 0) is 6.54 Å². The number of nitrogen functional groups attached to an aromatic ring is 1. The maximum atomic E-state index is 12.3. The SMILES string of the molecule is COc1cc(N)c(Cl)cc1C(=O)NCCN(C)Cc1ccccc1.Cl.Cl. The molecule has 0 heterocycles. The molecule has 5 nitrogen and oxygen atoms in total. The fraction of sp³-hybridized carbons (Fsp3) is 0.278. The zero-order valence-corrected chi connectivity index (χ0v) is 17.1. The molecule has 0 fully saturated rings. The minimum atomic E-state index is -0.234. The lowest BCUT2D eigenvalue weighted by Crippen LogP contribution is -2.33. The molecule has 2 rings (SSSR count). The summed E-state index contributed by atoms with van der Waals surface area (Å²) >= 11 is 5.99. The Morgan fingerprint density at radius 3 is 2.50 bits per heavy atom. The number of carbonyl (C=O) groups is 1. The number of ether oxygens (including phenoxy) is 1. The van der Waals surface area contributed by atoms with Crippen molar-refractivity contribution in [1.82, 2.24) is 10.2 Å². The van der Waals surface area contributed by atoms with Gasteiger partial charge in [-0.2, -0.15) is 0 Å². The second kappa shape index (κ2) is 11.9. The normalized spacial score (nSPS) is 9.85. The summed E-state index contributed by atoms with van der Waals surface area (Å²) in [6, 6.07) is 13.3. The van der Waals surface area contributed by atoms with Gasteiger partial charge >= 0.3 is 0 Å². The Labute approximate surface area is 171 Å². The van der Waals surface area contributed by atoms with Gasteiger partial charge in [0.25, 0.3) is 5.91 Å². The molecule has 0 saturated carbocycles. The molecule has 8 heteroatoms. The summed E-state index contributed by atoms with van der Waals surface area (Å²) < 4.78 is 5.20. The summed E-state index contributed by atoms with van der Waals surface area (Å²) in [4.78, 5) is 14.5. The van der Waals surface area contributed by atoms with E-state index in [1.807, 2.05) is 25.2 Å². The Bertz CT molecular complexity index is 700. The largest absolute Gasteiger partial charge is 0.496 e. The van der Waals surface area contributed by atoms with Crippen LogP contribution in [0.4, 0.5) is 5.69 Å². The Balaban J connectivity index is 0.00000312. The molecule has 0 unspecified atom stereocenters. The van der Waals surface area contributed by atoms with Crippen LogP contribution >= 0.6 is 36.4 Å². The monoisotopic (exact) mass is 419 g/mol. The lowest BCUT2D eigenvalue weighted by Gasteiger charge is -2.17. The Morgan fingerprint density at radius 2 is 1.88 bits per heavy atom. The number of hydrogen-bond acceptors (Lipinski definition) is 4. The molecule has 0 spiro atoms. The molecule has 144 valence electrons. The van der Waals surface area contributed by atoms with Crippen molar-refractivity contribution in [2.45, 2.75) is 6.54 Å². The van der Waals surface area contributed by atoms with Gasteiger partial charge in [0.2, 0.25) is 0 Å². The van der Waals surface area contributed by atoms with Gasteiger partial charge in [-0.15, -0.1) is 24.8 Å². The summed E-state index contributed by atoms with van der Waals surface area (Å²) in [6.07, 6.45) is 0. The Morgan fingerprint density at radius 1 is 1.23 bits per heavy atom. The number of rotatable bonds is 7. The number of nitrogens with zero attached hydrogens (tertiary/aromatic N) is 1. The predicted octanol–water partition coefficient (Wildman–Crippen LogP) is 3.64. The van der Waals surface area contributed by atoms with Crippen LogP contribution in [0.1, 0.15) is 15.9 Å². The van der Waals surface area contributed by atoms with Gasteiger partial charge in [-0.25, -0.2) is 0 Å². The number of nitrogens with two attached hydrogens (primary N) is 1. The average Bonchev–Trinajstić information content (AvgIpc) is 2.57. The standard InChI is InChI=1S/C18H22ClN3O2.2ClH/c1-22(12-13-6-4-3-5-7-13)9-8-21-18(23)14-10-15(19)16(20)11-17(14)24-2;;/h3-7,10-11H,8-9,12,20H2,1-2H3,(H,21,23);2*1H. The van der Waals surface area contributed by atoms with Crippen molar-refractivity contribution < 1.29 is 9.53 Å². The topological polar surface area (TPSA) is 67.6 Å². The number of methoxy groups -OCH3 is 1. The summed E-state index contributed by atoms with van der Waals surface area (Å²) in [5, 5.41) is 3.21. The maximum Gasteiger partial charge on any atom is 0.255 e. The van der Waals surface area contributed by atoms with E-state index in [1.54, 1.807) is 6.07 Å². The van der Waals surface area contributed by atoms with Crippen molar-refractivity contribution in [3.63, 3.8) is 0 Å². The number of amides is 1. The van der Waals surface area contributed by atoms with Gasteiger partial charge in [-0.05, 0) is 18.7 Å². The molecule has 0 aliphatic carbocycles. The number of nitrogens with one attached hydrogen (secondary N) is 1. The molecule has 0 radical (unpaired) electrons. The van der Waals surface area contributed by atoms with Crippen LogP contribution in [0.15, 0.2) is 42.5 Å². The number of hydrogen-bond donors (Lipinski definition) is 2.